The van der Waals surface area contributed by atoms with Gasteiger partial charge in [-0.05, 0) is 19.4 Å². The first-order valence-electron chi connectivity index (χ1n) is 4.41. The van der Waals surface area contributed by atoms with Gasteiger partial charge in [0.2, 0.25) is 0 Å². The molecule has 1 rings (SSSR count). The fourth-order valence-electron chi connectivity index (χ4n) is 1.68. The SMILES string of the molecule is CCC1(OC(C)=O)CC(C)=CC1=O. The van der Waals surface area contributed by atoms with Crippen LogP contribution in [0.1, 0.15) is 33.6 Å². The monoisotopic (exact) mass is 182 g/mol. The van der Waals surface area contributed by atoms with E-state index in [0.717, 1.165) is 5.57 Å². The van der Waals surface area contributed by atoms with Crippen LogP contribution in [0.15, 0.2) is 11.6 Å². The van der Waals surface area contributed by atoms with E-state index in [4.69, 9.17) is 4.74 Å². The van der Waals surface area contributed by atoms with E-state index < -0.39 is 11.6 Å². The van der Waals surface area contributed by atoms with Gasteiger partial charge in [0.25, 0.3) is 0 Å². The molecule has 0 saturated carbocycles. The lowest BCUT2D eigenvalue weighted by Crippen LogP contribution is -2.38. The number of ketones is 1. The predicted molar refractivity (Wildman–Crippen MR) is 48.2 cm³/mol. The Hall–Kier alpha value is -1.12. The molecule has 1 aliphatic rings. The molecular formula is C10H14O3. The van der Waals surface area contributed by atoms with Gasteiger partial charge in [-0.2, -0.15) is 0 Å². The lowest BCUT2D eigenvalue weighted by molar-refractivity contribution is -0.162. The molecule has 72 valence electrons. The summed E-state index contributed by atoms with van der Waals surface area (Å²) < 4.78 is 5.09. The largest absolute Gasteiger partial charge is 0.451 e. The van der Waals surface area contributed by atoms with Crippen molar-refractivity contribution in [3.8, 4) is 0 Å². The zero-order valence-corrected chi connectivity index (χ0v) is 8.22. The van der Waals surface area contributed by atoms with E-state index in [-0.39, 0.29) is 5.78 Å². The molecule has 1 atom stereocenters. The normalized spacial score (nSPS) is 27.3. The molecule has 1 unspecified atom stereocenters. The fraction of sp³-hybridized carbons (Fsp3) is 0.600. The van der Waals surface area contributed by atoms with E-state index in [9.17, 15) is 9.59 Å². The maximum Gasteiger partial charge on any atom is 0.303 e. The van der Waals surface area contributed by atoms with Crippen molar-refractivity contribution in [2.75, 3.05) is 0 Å². The van der Waals surface area contributed by atoms with Crippen LogP contribution >= 0.6 is 0 Å². The summed E-state index contributed by atoms with van der Waals surface area (Å²) in [6.07, 6.45) is 2.65. The number of carbonyl (C=O) groups is 2. The summed E-state index contributed by atoms with van der Waals surface area (Å²) in [5.41, 5.74) is 0.0868. The third-order valence-corrected chi connectivity index (χ3v) is 2.30. The average Bonchev–Trinajstić information content (AvgIpc) is 2.26. The molecule has 13 heavy (non-hydrogen) atoms. The van der Waals surface area contributed by atoms with Crippen molar-refractivity contribution >= 4 is 11.8 Å². The van der Waals surface area contributed by atoms with Gasteiger partial charge in [0.1, 0.15) is 0 Å². The summed E-state index contributed by atoms with van der Waals surface area (Å²) in [6, 6.07) is 0. The van der Waals surface area contributed by atoms with Gasteiger partial charge in [-0.15, -0.1) is 0 Å². The highest BCUT2D eigenvalue weighted by Gasteiger charge is 2.42. The molecule has 0 aromatic rings. The zero-order chi connectivity index (χ0) is 10.1. The lowest BCUT2D eigenvalue weighted by Gasteiger charge is -2.25. The van der Waals surface area contributed by atoms with Crippen LogP contribution < -0.4 is 0 Å². The van der Waals surface area contributed by atoms with Crippen molar-refractivity contribution in [1.29, 1.82) is 0 Å². The summed E-state index contributed by atoms with van der Waals surface area (Å²) in [5.74, 6) is -0.471. The number of ether oxygens (including phenoxy) is 1. The molecule has 3 nitrogen and oxygen atoms in total. The Kier molecular flexibility index (Phi) is 2.55. The molecule has 0 aliphatic heterocycles. The van der Waals surface area contributed by atoms with Gasteiger partial charge in [0.15, 0.2) is 11.4 Å². The fourth-order valence-corrected chi connectivity index (χ4v) is 1.68. The number of rotatable bonds is 2. The van der Waals surface area contributed by atoms with Crippen LogP contribution in [0.3, 0.4) is 0 Å². The second kappa shape index (κ2) is 3.32. The molecule has 0 heterocycles. The third kappa shape index (κ3) is 1.79. The Balaban J connectivity index is 2.85. The van der Waals surface area contributed by atoms with Crippen LogP contribution in [-0.4, -0.2) is 17.4 Å². The Morgan fingerprint density at radius 3 is 2.62 bits per heavy atom. The quantitative estimate of drug-likeness (QED) is 0.609. The molecule has 0 radical (unpaired) electrons. The van der Waals surface area contributed by atoms with Crippen molar-refractivity contribution in [2.45, 2.75) is 39.2 Å². The highest BCUT2D eigenvalue weighted by atomic mass is 16.6. The first kappa shape index (κ1) is 9.96. The van der Waals surface area contributed by atoms with Crippen LogP contribution in [0.5, 0.6) is 0 Å². The Morgan fingerprint density at radius 2 is 2.31 bits per heavy atom. The van der Waals surface area contributed by atoms with Gasteiger partial charge in [-0.3, -0.25) is 9.59 Å². The van der Waals surface area contributed by atoms with Gasteiger partial charge in [-0.25, -0.2) is 0 Å². The number of hydrogen-bond acceptors (Lipinski definition) is 3. The number of hydrogen-bond donors (Lipinski definition) is 0. The molecule has 0 spiro atoms. The number of esters is 1. The second-order valence-corrected chi connectivity index (χ2v) is 3.47. The zero-order valence-electron chi connectivity index (χ0n) is 8.22. The first-order chi connectivity index (χ1) is 6.00. The summed E-state index contributed by atoms with van der Waals surface area (Å²) in [7, 11) is 0. The van der Waals surface area contributed by atoms with Crippen molar-refractivity contribution in [3.05, 3.63) is 11.6 Å². The highest BCUT2D eigenvalue weighted by molar-refractivity contribution is 6.01. The maximum absolute atomic E-state index is 11.5. The summed E-state index contributed by atoms with van der Waals surface area (Å²) in [5, 5.41) is 0. The molecule has 0 aromatic carbocycles. The third-order valence-electron chi connectivity index (χ3n) is 2.30. The van der Waals surface area contributed by atoms with Crippen LogP contribution in [0.2, 0.25) is 0 Å². The first-order valence-corrected chi connectivity index (χ1v) is 4.41. The minimum Gasteiger partial charge on any atom is -0.451 e. The van der Waals surface area contributed by atoms with Crippen molar-refractivity contribution < 1.29 is 14.3 Å². The summed E-state index contributed by atoms with van der Waals surface area (Å²) in [6.45, 7) is 5.06. The Bertz CT molecular complexity index is 278. The van der Waals surface area contributed by atoms with Gasteiger partial charge in [0, 0.05) is 13.3 Å². The van der Waals surface area contributed by atoms with E-state index >= 15 is 0 Å². The van der Waals surface area contributed by atoms with E-state index in [2.05, 4.69) is 0 Å². The Labute approximate surface area is 77.8 Å². The average molecular weight is 182 g/mol. The molecule has 3 heteroatoms. The molecule has 0 aromatic heterocycles. The van der Waals surface area contributed by atoms with Crippen LogP contribution in [0, 0.1) is 0 Å². The second-order valence-electron chi connectivity index (χ2n) is 3.47. The summed E-state index contributed by atoms with van der Waals surface area (Å²) in [4.78, 5) is 22.3. The minimum atomic E-state index is -0.893. The van der Waals surface area contributed by atoms with Crippen molar-refractivity contribution in [1.82, 2.24) is 0 Å². The van der Waals surface area contributed by atoms with Crippen molar-refractivity contribution in [3.63, 3.8) is 0 Å². The topological polar surface area (TPSA) is 43.4 Å². The minimum absolute atomic E-state index is 0.0808. The molecule has 0 N–H and O–H groups in total. The molecule has 1 aliphatic carbocycles. The van der Waals surface area contributed by atoms with Crippen LogP contribution in [-0.2, 0) is 14.3 Å². The lowest BCUT2D eigenvalue weighted by atomic mass is 9.95. The molecule has 0 saturated heterocycles. The van der Waals surface area contributed by atoms with Gasteiger partial charge >= 0.3 is 5.97 Å². The van der Waals surface area contributed by atoms with Crippen LogP contribution in [0.4, 0.5) is 0 Å². The Morgan fingerprint density at radius 1 is 1.69 bits per heavy atom. The van der Waals surface area contributed by atoms with Gasteiger partial charge < -0.3 is 4.74 Å². The summed E-state index contributed by atoms with van der Waals surface area (Å²) >= 11 is 0. The molecule has 0 amide bonds. The van der Waals surface area contributed by atoms with Gasteiger partial charge in [-0.1, -0.05) is 12.5 Å². The van der Waals surface area contributed by atoms with E-state index in [1.54, 1.807) is 6.08 Å². The van der Waals surface area contributed by atoms with Crippen LogP contribution in [0.25, 0.3) is 0 Å². The molecular weight excluding hydrogens is 168 g/mol. The van der Waals surface area contributed by atoms with E-state index in [0.29, 0.717) is 12.8 Å². The van der Waals surface area contributed by atoms with E-state index in [1.807, 2.05) is 13.8 Å². The standard InChI is InChI=1S/C10H14O3/c1-4-10(13-8(3)11)6-7(2)5-9(10)12/h5H,4,6H2,1-3H3. The maximum atomic E-state index is 11.5. The van der Waals surface area contributed by atoms with Crippen molar-refractivity contribution in [2.24, 2.45) is 0 Å². The highest BCUT2D eigenvalue weighted by Crippen LogP contribution is 2.32. The number of carbonyl (C=O) groups excluding carboxylic acids is 2. The van der Waals surface area contributed by atoms with Gasteiger partial charge in [0.05, 0.1) is 0 Å². The smallest absolute Gasteiger partial charge is 0.303 e. The molecule has 0 fully saturated rings. The molecule has 0 bridgehead atoms. The predicted octanol–water partition coefficient (Wildman–Crippen LogP) is 1.62. The van der Waals surface area contributed by atoms with E-state index in [1.165, 1.54) is 6.92 Å².